The molecule has 1 unspecified atom stereocenters. The number of carbonyl (C=O) groups excluding carboxylic acids is 1. The highest BCUT2D eigenvalue weighted by Gasteiger charge is 2.32. The lowest BCUT2D eigenvalue weighted by Crippen LogP contribution is -2.43. The van der Waals surface area contributed by atoms with Gasteiger partial charge in [-0.15, -0.1) is 0 Å². The third kappa shape index (κ3) is 2.62. The molecule has 1 fully saturated rings. The van der Waals surface area contributed by atoms with Crippen molar-refractivity contribution >= 4 is 16.9 Å². The first-order valence-electron chi connectivity index (χ1n) is 6.86. The topological polar surface area (TPSA) is 89.3 Å². The highest BCUT2D eigenvalue weighted by molar-refractivity contribution is 5.97. The zero-order valence-electron chi connectivity index (χ0n) is 12.1. The smallest absolute Gasteiger partial charge is 0.252 e. The summed E-state index contributed by atoms with van der Waals surface area (Å²) in [4.78, 5) is 16.4. The van der Waals surface area contributed by atoms with E-state index >= 15 is 0 Å². The number of carbonyl (C=O) groups is 1. The summed E-state index contributed by atoms with van der Waals surface area (Å²) in [5.74, 6) is -0.257. The summed E-state index contributed by atoms with van der Waals surface area (Å²) in [6.45, 7) is 2.83. The van der Waals surface area contributed by atoms with Crippen LogP contribution in [-0.2, 0) is 11.8 Å². The molecule has 3 heterocycles. The van der Waals surface area contributed by atoms with Crippen molar-refractivity contribution in [2.75, 3.05) is 19.8 Å². The second-order valence-corrected chi connectivity index (χ2v) is 5.51. The predicted molar refractivity (Wildman–Crippen MR) is 76.0 cm³/mol. The number of rotatable bonds is 3. The van der Waals surface area contributed by atoms with Crippen molar-refractivity contribution in [3.05, 3.63) is 23.5 Å². The van der Waals surface area contributed by atoms with Gasteiger partial charge in [-0.1, -0.05) is 0 Å². The zero-order valence-corrected chi connectivity index (χ0v) is 12.1. The van der Waals surface area contributed by atoms with Crippen LogP contribution >= 0.6 is 0 Å². The van der Waals surface area contributed by atoms with E-state index in [1.165, 1.54) is 6.20 Å². The molecule has 1 amide bonds. The van der Waals surface area contributed by atoms with Crippen molar-refractivity contribution in [3.8, 4) is 0 Å². The normalized spacial score (nSPS) is 21.9. The lowest BCUT2D eigenvalue weighted by Gasteiger charge is -2.20. The molecule has 0 spiro atoms. The van der Waals surface area contributed by atoms with E-state index in [0.29, 0.717) is 18.6 Å². The van der Waals surface area contributed by atoms with Crippen LogP contribution in [0.25, 0.3) is 11.0 Å². The van der Waals surface area contributed by atoms with Gasteiger partial charge in [0.15, 0.2) is 5.65 Å². The number of aliphatic hydroxyl groups is 1. The summed E-state index contributed by atoms with van der Waals surface area (Å²) in [7, 11) is 1.82. The van der Waals surface area contributed by atoms with Gasteiger partial charge in [-0.05, 0) is 13.0 Å². The van der Waals surface area contributed by atoms with Gasteiger partial charge in [-0.3, -0.25) is 9.48 Å². The van der Waals surface area contributed by atoms with Gasteiger partial charge < -0.3 is 15.2 Å². The molecule has 1 saturated heterocycles. The van der Waals surface area contributed by atoms with Gasteiger partial charge in [0.25, 0.3) is 5.91 Å². The number of fused-ring (bicyclic) bond motifs is 1. The Morgan fingerprint density at radius 3 is 3.14 bits per heavy atom. The molecule has 0 bridgehead atoms. The van der Waals surface area contributed by atoms with E-state index in [4.69, 9.17) is 4.74 Å². The van der Waals surface area contributed by atoms with Crippen molar-refractivity contribution in [1.29, 1.82) is 0 Å². The molecule has 3 rings (SSSR count). The number of pyridine rings is 1. The summed E-state index contributed by atoms with van der Waals surface area (Å²) in [5, 5.41) is 18.0. The van der Waals surface area contributed by atoms with E-state index in [0.717, 1.165) is 16.7 Å². The minimum atomic E-state index is -0.961. The van der Waals surface area contributed by atoms with Crippen molar-refractivity contribution in [1.82, 2.24) is 20.1 Å². The Morgan fingerprint density at radius 1 is 1.62 bits per heavy atom. The minimum Gasteiger partial charge on any atom is -0.386 e. The number of ether oxygens (including phenoxy) is 1. The van der Waals surface area contributed by atoms with E-state index < -0.39 is 5.60 Å². The Morgan fingerprint density at radius 2 is 2.43 bits per heavy atom. The van der Waals surface area contributed by atoms with Crippen LogP contribution in [0.15, 0.2) is 12.3 Å². The second kappa shape index (κ2) is 5.09. The van der Waals surface area contributed by atoms with Crippen LogP contribution in [0.1, 0.15) is 22.5 Å². The Balaban J connectivity index is 1.77. The number of aromatic nitrogens is 3. The summed E-state index contributed by atoms with van der Waals surface area (Å²) in [6.07, 6.45) is 2.06. The Hall–Kier alpha value is -1.99. The quantitative estimate of drug-likeness (QED) is 0.840. The molecule has 0 saturated carbocycles. The molecule has 2 N–H and O–H groups in total. The van der Waals surface area contributed by atoms with Crippen LogP contribution in [0.5, 0.6) is 0 Å². The van der Waals surface area contributed by atoms with E-state index in [-0.39, 0.29) is 19.1 Å². The van der Waals surface area contributed by atoms with E-state index in [2.05, 4.69) is 15.4 Å². The van der Waals surface area contributed by atoms with Crippen LogP contribution in [0.2, 0.25) is 0 Å². The monoisotopic (exact) mass is 290 g/mol. The van der Waals surface area contributed by atoms with Crippen LogP contribution in [0.4, 0.5) is 0 Å². The largest absolute Gasteiger partial charge is 0.386 e. The van der Waals surface area contributed by atoms with Gasteiger partial charge in [0.05, 0.1) is 17.9 Å². The number of amides is 1. The molecule has 7 nitrogen and oxygen atoms in total. The maximum absolute atomic E-state index is 12.2. The molecule has 0 aliphatic carbocycles. The van der Waals surface area contributed by atoms with Crippen LogP contribution < -0.4 is 5.32 Å². The minimum absolute atomic E-state index is 0.176. The molecule has 0 aromatic carbocycles. The SMILES string of the molecule is Cc1nn(C)c2ncc(C(=O)NCC3(O)CCOC3)cc12. The lowest BCUT2D eigenvalue weighted by atomic mass is 10.0. The third-order valence-corrected chi connectivity index (χ3v) is 3.79. The molecule has 1 aliphatic rings. The molecular weight excluding hydrogens is 272 g/mol. The number of hydrogen-bond donors (Lipinski definition) is 2. The standard InChI is InChI=1S/C14H18N4O3/c1-9-11-5-10(6-15-12(11)18(2)17-9)13(19)16-7-14(20)3-4-21-8-14/h5-6,20H,3-4,7-8H2,1-2H3,(H,16,19). The van der Waals surface area contributed by atoms with Crippen molar-refractivity contribution in [2.24, 2.45) is 7.05 Å². The van der Waals surface area contributed by atoms with E-state index in [1.807, 2.05) is 14.0 Å². The highest BCUT2D eigenvalue weighted by atomic mass is 16.5. The van der Waals surface area contributed by atoms with E-state index in [1.54, 1.807) is 10.7 Å². The summed E-state index contributed by atoms with van der Waals surface area (Å²) in [6, 6.07) is 1.77. The number of nitrogens with one attached hydrogen (secondary N) is 1. The average molecular weight is 290 g/mol. The Bertz CT molecular complexity index is 689. The van der Waals surface area contributed by atoms with Gasteiger partial charge in [0.1, 0.15) is 5.60 Å². The van der Waals surface area contributed by atoms with Crippen molar-refractivity contribution in [2.45, 2.75) is 18.9 Å². The second-order valence-electron chi connectivity index (χ2n) is 5.51. The first-order chi connectivity index (χ1) is 9.98. The summed E-state index contributed by atoms with van der Waals surface area (Å²) in [5.41, 5.74) is 1.07. The third-order valence-electron chi connectivity index (χ3n) is 3.79. The molecule has 2 aromatic rings. The van der Waals surface area contributed by atoms with Crippen LogP contribution in [0, 0.1) is 6.92 Å². The maximum atomic E-state index is 12.2. The Kier molecular flexibility index (Phi) is 3.38. The van der Waals surface area contributed by atoms with Crippen molar-refractivity contribution in [3.63, 3.8) is 0 Å². The molecule has 112 valence electrons. The molecule has 7 heteroatoms. The predicted octanol–water partition coefficient (Wildman–Crippen LogP) is 0.158. The lowest BCUT2D eigenvalue weighted by molar-refractivity contribution is 0.0264. The van der Waals surface area contributed by atoms with Gasteiger partial charge in [0.2, 0.25) is 0 Å². The molecule has 2 aromatic heterocycles. The fraction of sp³-hybridized carbons (Fsp3) is 0.500. The van der Waals surface area contributed by atoms with E-state index in [9.17, 15) is 9.90 Å². The van der Waals surface area contributed by atoms with Gasteiger partial charge in [-0.25, -0.2) is 4.98 Å². The maximum Gasteiger partial charge on any atom is 0.252 e. The highest BCUT2D eigenvalue weighted by Crippen LogP contribution is 2.18. The molecule has 1 atom stereocenters. The van der Waals surface area contributed by atoms with Crippen LogP contribution in [0.3, 0.4) is 0 Å². The summed E-state index contributed by atoms with van der Waals surface area (Å²) >= 11 is 0. The number of aryl methyl sites for hydroxylation is 2. The first kappa shape index (κ1) is 14.0. The first-order valence-corrected chi connectivity index (χ1v) is 6.86. The summed E-state index contributed by atoms with van der Waals surface area (Å²) < 4.78 is 6.84. The molecular formula is C14H18N4O3. The zero-order chi connectivity index (χ0) is 15.0. The molecule has 21 heavy (non-hydrogen) atoms. The van der Waals surface area contributed by atoms with Crippen molar-refractivity contribution < 1.29 is 14.6 Å². The number of hydrogen-bond acceptors (Lipinski definition) is 5. The van der Waals surface area contributed by atoms with Gasteiger partial charge >= 0.3 is 0 Å². The fourth-order valence-corrected chi connectivity index (χ4v) is 2.51. The molecule has 1 aliphatic heterocycles. The Labute approximate surface area is 121 Å². The number of nitrogens with zero attached hydrogens (tertiary/aromatic N) is 3. The van der Waals surface area contributed by atoms with Gasteiger partial charge in [-0.2, -0.15) is 5.10 Å². The van der Waals surface area contributed by atoms with Gasteiger partial charge in [0, 0.05) is 38.2 Å². The average Bonchev–Trinajstić information content (AvgIpc) is 3.02. The fourth-order valence-electron chi connectivity index (χ4n) is 2.51. The van der Waals surface area contributed by atoms with Crippen LogP contribution in [-0.4, -0.2) is 51.1 Å². The molecule has 0 radical (unpaired) electrons.